The van der Waals surface area contributed by atoms with Crippen LogP contribution in [-0.4, -0.2) is 15.8 Å². The summed E-state index contributed by atoms with van der Waals surface area (Å²) in [6, 6.07) is 14.7. The van der Waals surface area contributed by atoms with Crippen LogP contribution in [0, 0.1) is 0 Å². The molecule has 0 saturated heterocycles. The molecular formula is C17H10N2O2. The van der Waals surface area contributed by atoms with Crippen LogP contribution in [0.4, 0.5) is 0 Å². The lowest BCUT2D eigenvalue weighted by Crippen LogP contribution is -2.02. The maximum absolute atomic E-state index is 12.7. The molecule has 0 saturated carbocycles. The van der Waals surface area contributed by atoms with Crippen molar-refractivity contribution >= 4 is 27.8 Å². The van der Waals surface area contributed by atoms with Crippen molar-refractivity contribution in [3.8, 4) is 0 Å². The predicted octanol–water partition coefficient (Wildman–Crippen LogP) is 3.61. The van der Waals surface area contributed by atoms with Gasteiger partial charge in [-0.2, -0.15) is 0 Å². The van der Waals surface area contributed by atoms with Crippen LogP contribution in [0.3, 0.4) is 0 Å². The summed E-state index contributed by atoms with van der Waals surface area (Å²) >= 11 is 0. The normalized spacial score (nSPS) is 11.0. The average molecular weight is 274 g/mol. The molecule has 0 aliphatic heterocycles. The minimum Gasteiger partial charge on any atom is -0.453 e. The minimum absolute atomic E-state index is 0.183. The zero-order valence-electron chi connectivity index (χ0n) is 11.0. The van der Waals surface area contributed by atoms with Crippen LogP contribution >= 0.6 is 0 Å². The Morgan fingerprint density at radius 2 is 1.81 bits per heavy atom. The van der Waals surface area contributed by atoms with Gasteiger partial charge in [-0.15, -0.1) is 0 Å². The third-order valence-electron chi connectivity index (χ3n) is 3.39. The standard InChI is InChI=1S/C17H10N2O2/c20-17(15-10-11-4-1-2-7-14(11)21-15)12-5-3-6-13-16(12)19-9-8-18-13/h1-10H. The van der Waals surface area contributed by atoms with E-state index < -0.39 is 0 Å². The quantitative estimate of drug-likeness (QED) is 0.524. The second kappa shape index (κ2) is 4.52. The molecule has 100 valence electrons. The molecule has 0 aliphatic carbocycles. The molecule has 4 aromatic rings. The summed E-state index contributed by atoms with van der Waals surface area (Å²) in [6.07, 6.45) is 3.19. The fourth-order valence-corrected chi connectivity index (χ4v) is 2.40. The Morgan fingerprint density at radius 3 is 2.71 bits per heavy atom. The molecule has 2 aromatic heterocycles. The maximum Gasteiger partial charge on any atom is 0.230 e. The van der Waals surface area contributed by atoms with Gasteiger partial charge in [0.25, 0.3) is 0 Å². The first-order chi connectivity index (χ1) is 10.3. The van der Waals surface area contributed by atoms with Crippen molar-refractivity contribution in [3.63, 3.8) is 0 Å². The summed E-state index contributed by atoms with van der Waals surface area (Å²) < 4.78 is 5.64. The molecule has 2 aromatic carbocycles. The van der Waals surface area contributed by atoms with Crippen molar-refractivity contribution < 1.29 is 9.21 Å². The van der Waals surface area contributed by atoms with Crippen LogP contribution in [0.1, 0.15) is 16.1 Å². The topological polar surface area (TPSA) is 56.0 Å². The van der Waals surface area contributed by atoms with E-state index in [0.717, 1.165) is 5.39 Å². The summed E-state index contributed by atoms with van der Waals surface area (Å²) in [6.45, 7) is 0. The number of hydrogen-bond donors (Lipinski definition) is 0. The highest BCUT2D eigenvalue weighted by atomic mass is 16.3. The van der Waals surface area contributed by atoms with Gasteiger partial charge in [0.2, 0.25) is 5.78 Å². The van der Waals surface area contributed by atoms with E-state index in [1.165, 1.54) is 0 Å². The molecule has 4 heteroatoms. The smallest absolute Gasteiger partial charge is 0.230 e. The van der Waals surface area contributed by atoms with Gasteiger partial charge in [0.05, 0.1) is 16.6 Å². The number of aromatic nitrogens is 2. The Morgan fingerprint density at radius 1 is 0.952 bits per heavy atom. The minimum atomic E-state index is -0.183. The second-order valence-electron chi connectivity index (χ2n) is 4.71. The van der Waals surface area contributed by atoms with E-state index in [1.54, 1.807) is 30.6 Å². The van der Waals surface area contributed by atoms with Crippen molar-refractivity contribution in [1.82, 2.24) is 9.97 Å². The number of ketones is 1. The maximum atomic E-state index is 12.7. The van der Waals surface area contributed by atoms with E-state index in [2.05, 4.69) is 9.97 Å². The number of furan rings is 1. The molecule has 0 fully saturated rings. The predicted molar refractivity (Wildman–Crippen MR) is 79.2 cm³/mol. The van der Waals surface area contributed by atoms with E-state index in [1.807, 2.05) is 30.3 Å². The van der Waals surface area contributed by atoms with Gasteiger partial charge in [-0.05, 0) is 24.3 Å². The number of hydrogen-bond acceptors (Lipinski definition) is 4. The first-order valence-electron chi connectivity index (χ1n) is 6.56. The van der Waals surface area contributed by atoms with Crippen LogP contribution in [0.15, 0.2) is 65.3 Å². The molecule has 0 radical (unpaired) electrons. The van der Waals surface area contributed by atoms with Crippen molar-refractivity contribution in [2.24, 2.45) is 0 Å². The van der Waals surface area contributed by atoms with Gasteiger partial charge in [-0.25, -0.2) is 0 Å². The highest BCUT2D eigenvalue weighted by molar-refractivity contribution is 6.14. The molecule has 4 nitrogen and oxygen atoms in total. The molecule has 0 spiro atoms. The van der Waals surface area contributed by atoms with Crippen molar-refractivity contribution in [2.75, 3.05) is 0 Å². The molecule has 0 N–H and O–H groups in total. The molecule has 4 rings (SSSR count). The lowest BCUT2D eigenvalue weighted by Gasteiger charge is -2.01. The lowest BCUT2D eigenvalue weighted by atomic mass is 10.1. The van der Waals surface area contributed by atoms with Crippen molar-refractivity contribution in [1.29, 1.82) is 0 Å². The zero-order valence-corrected chi connectivity index (χ0v) is 11.0. The second-order valence-corrected chi connectivity index (χ2v) is 4.71. The van der Waals surface area contributed by atoms with Gasteiger partial charge in [-0.1, -0.05) is 24.3 Å². The highest BCUT2D eigenvalue weighted by Crippen LogP contribution is 2.23. The fourth-order valence-electron chi connectivity index (χ4n) is 2.40. The summed E-state index contributed by atoms with van der Waals surface area (Å²) in [5.41, 5.74) is 2.48. The van der Waals surface area contributed by atoms with Gasteiger partial charge in [0.15, 0.2) is 5.76 Å². The summed E-state index contributed by atoms with van der Waals surface area (Å²) in [5.74, 6) is 0.131. The van der Waals surface area contributed by atoms with Crippen molar-refractivity contribution in [2.45, 2.75) is 0 Å². The van der Waals surface area contributed by atoms with E-state index in [0.29, 0.717) is 27.9 Å². The Kier molecular flexibility index (Phi) is 2.54. The number of nitrogens with zero attached hydrogens (tertiary/aromatic N) is 2. The van der Waals surface area contributed by atoms with Crippen LogP contribution in [0.2, 0.25) is 0 Å². The average Bonchev–Trinajstić information content (AvgIpc) is 2.97. The van der Waals surface area contributed by atoms with E-state index in [-0.39, 0.29) is 5.78 Å². The van der Waals surface area contributed by atoms with Crippen LogP contribution in [0.5, 0.6) is 0 Å². The van der Waals surface area contributed by atoms with E-state index in [9.17, 15) is 4.79 Å². The number of carbonyl (C=O) groups is 1. The molecule has 0 bridgehead atoms. The first-order valence-corrected chi connectivity index (χ1v) is 6.56. The number of rotatable bonds is 2. The largest absolute Gasteiger partial charge is 0.453 e. The van der Waals surface area contributed by atoms with Gasteiger partial charge in [0, 0.05) is 17.8 Å². The molecule has 2 heterocycles. The molecule has 0 unspecified atom stereocenters. The summed E-state index contributed by atoms with van der Waals surface area (Å²) in [7, 11) is 0. The van der Waals surface area contributed by atoms with Crippen LogP contribution in [0.25, 0.3) is 22.0 Å². The monoisotopic (exact) mass is 274 g/mol. The van der Waals surface area contributed by atoms with Crippen molar-refractivity contribution in [3.05, 3.63) is 72.2 Å². The van der Waals surface area contributed by atoms with Gasteiger partial charge >= 0.3 is 0 Å². The number of fused-ring (bicyclic) bond motifs is 2. The molecule has 0 atom stereocenters. The molecule has 0 amide bonds. The highest BCUT2D eigenvalue weighted by Gasteiger charge is 2.17. The molecule has 0 aliphatic rings. The summed E-state index contributed by atoms with van der Waals surface area (Å²) in [5, 5.41) is 0.909. The molecular weight excluding hydrogens is 264 g/mol. The summed E-state index contributed by atoms with van der Waals surface area (Å²) in [4.78, 5) is 21.1. The zero-order chi connectivity index (χ0) is 14.2. The Bertz CT molecular complexity index is 934. The Hall–Kier alpha value is -3.01. The van der Waals surface area contributed by atoms with Crippen LogP contribution < -0.4 is 0 Å². The third-order valence-corrected chi connectivity index (χ3v) is 3.39. The lowest BCUT2D eigenvalue weighted by molar-refractivity contribution is 0.101. The van der Waals surface area contributed by atoms with Gasteiger partial charge < -0.3 is 4.42 Å². The Labute approximate surface area is 120 Å². The Balaban J connectivity index is 1.90. The first kappa shape index (κ1) is 11.8. The van der Waals surface area contributed by atoms with E-state index >= 15 is 0 Å². The third kappa shape index (κ3) is 1.89. The van der Waals surface area contributed by atoms with Crippen LogP contribution in [-0.2, 0) is 0 Å². The number of carbonyl (C=O) groups excluding carboxylic acids is 1. The van der Waals surface area contributed by atoms with Gasteiger partial charge in [-0.3, -0.25) is 14.8 Å². The fraction of sp³-hybridized carbons (Fsp3) is 0. The van der Waals surface area contributed by atoms with E-state index in [4.69, 9.17) is 4.42 Å². The SMILES string of the molecule is O=C(c1cc2ccccc2o1)c1cccc2nccnc12. The number of benzene rings is 2. The number of para-hydroxylation sites is 2. The molecule has 21 heavy (non-hydrogen) atoms. The van der Waals surface area contributed by atoms with Gasteiger partial charge in [0.1, 0.15) is 5.58 Å².